The lowest BCUT2D eigenvalue weighted by atomic mass is 9.93. The van der Waals surface area contributed by atoms with Crippen molar-refractivity contribution < 1.29 is 9.32 Å². The van der Waals surface area contributed by atoms with E-state index in [9.17, 15) is 4.79 Å². The molecule has 6 rings (SSSR count). The summed E-state index contributed by atoms with van der Waals surface area (Å²) < 4.78 is 7.81. The lowest BCUT2D eigenvalue weighted by molar-refractivity contribution is 0.0778. The Morgan fingerprint density at radius 3 is 2.47 bits per heavy atom. The van der Waals surface area contributed by atoms with Gasteiger partial charge in [-0.05, 0) is 61.1 Å². The van der Waals surface area contributed by atoms with Crippen LogP contribution in [0.15, 0.2) is 71.3 Å². The van der Waals surface area contributed by atoms with E-state index in [1.807, 2.05) is 30.9 Å². The van der Waals surface area contributed by atoms with Crippen molar-refractivity contribution >= 4 is 27.7 Å². The Hall–Kier alpha value is -3.86. The van der Waals surface area contributed by atoms with Crippen LogP contribution < -0.4 is 0 Å². The lowest BCUT2D eigenvalue weighted by Crippen LogP contribution is -2.30. The molecule has 1 aliphatic heterocycles. The van der Waals surface area contributed by atoms with E-state index in [4.69, 9.17) is 4.52 Å². The van der Waals surface area contributed by atoms with Crippen molar-refractivity contribution in [3.63, 3.8) is 0 Å². The van der Waals surface area contributed by atoms with Gasteiger partial charge in [0.05, 0.1) is 11.2 Å². The Morgan fingerprint density at radius 2 is 1.78 bits per heavy atom. The summed E-state index contributed by atoms with van der Waals surface area (Å²) in [4.78, 5) is 15.4. The predicted octanol–water partition coefficient (Wildman–Crippen LogP) is 6.99. The average molecular weight is 478 g/mol. The van der Waals surface area contributed by atoms with Crippen molar-refractivity contribution in [2.24, 2.45) is 5.41 Å². The number of nitrogens with zero attached hydrogens (tertiary/aromatic N) is 3. The van der Waals surface area contributed by atoms with E-state index in [1.54, 1.807) is 0 Å². The fourth-order valence-electron chi connectivity index (χ4n) is 5.69. The van der Waals surface area contributed by atoms with Crippen LogP contribution in [-0.4, -0.2) is 33.6 Å². The lowest BCUT2D eigenvalue weighted by Gasteiger charge is -2.20. The van der Waals surface area contributed by atoms with Crippen LogP contribution >= 0.6 is 0 Å². The molecule has 0 spiro atoms. The maximum Gasteiger partial charge on any atom is 0.253 e. The van der Waals surface area contributed by atoms with E-state index >= 15 is 0 Å². The fourth-order valence-corrected chi connectivity index (χ4v) is 5.69. The first kappa shape index (κ1) is 22.6. The van der Waals surface area contributed by atoms with Crippen molar-refractivity contribution in [2.45, 2.75) is 40.7 Å². The molecule has 1 fully saturated rings. The second kappa shape index (κ2) is 8.37. The van der Waals surface area contributed by atoms with Crippen LogP contribution in [0.1, 0.15) is 47.6 Å². The van der Waals surface area contributed by atoms with Crippen LogP contribution in [0.2, 0.25) is 0 Å². The van der Waals surface area contributed by atoms with Crippen LogP contribution in [0.25, 0.3) is 32.9 Å². The number of benzene rings is 3. The Labute approximate surface area is 211 Å². The number of aryl methyl sites for hydroxylation is 2. The standard InChI is InChI=1S/C31H31N3O2/c1-20-29(21(2)36-32-20)23-10-12-25-26-16-24(30(35)33-15-14-31(3,4)19-33)11-13-27(26)34(28(25)17-23)18-22-8-6-5-7-9-22/h5-13,16-17H,14-15,18-19H2,1-4H3. The highest BCUT2D eigenvalue weighted by Gasteiger charge is 2.32. The van der Waals surface area contributed by atoms with E-state index in [2.05, 4.69) is 78.2 Å². The number of aromatic nitrogens is 2. The molecule has 5 aromatic rings. The van der Waals surface area contributed by atoms with Crippen molar-refractivity contribution in [3.05, 3.63) is 89.3 Å². The first-order chi connectivity index (χ1) is 17.3. The van der Waals surface area contributed by atoms with Crippen molar-refractivity contribution in [1.29, 1.82) is 0 Å². The van der Waals surface area contributed by atoms with Crippen molar-refractivity contribution in [2.75, 3.05) is 13.1 Å². The van der Waals surface area contributed by atoms with Gasteiger partial charge in [0, 0.05) is 47.1 Å². The molecule has 5 heteroatoms. The van der Waals surface area contributed by atoms with E-state index in [0.29, 0.717) is 0 Å². The molecule has 1 aliphatic rings. The molecule has 5 nitrogen and oxygen atoms in total. The van der Waals surface area contributed by atoms with Gasteiger partial charge in [-0.15, -0.1) is 0 Å². The highest BCUT2D eigenvalue weighted by Crippen LogP contribution is 2.36. The first-order valence-corrected chi connectivity index (χ1v) is 12.6. The van der Waals surface area contributed by atoms with Gasteiger partial charge in [0.1, 0.15) is 5.76 Å². The van der Waals surface area contributed by atoms with E-state index in [-0.39, 0.29) is 11.3 Å². The zero-order valence-electron chi connectivity index (χ0n) is 21.3. The second-order valence-corrected chi connectivity index (χ2v) is 10.9. The highest BCUT2D eigenvalue weighted by atomic mass is 16.5. The molecule has 0 bridgehead atoms. The molecule has 0 radical (unpaired) electrons. The minimum atomic E-state index is 0.124. The van der Waals surface area contributed by atoms with Crippen molar-refractivity contribution in [3.8, 4) is 11.1 Å². The Kier molecular flexibility index (Phi) is 5.25. The van der Waals surface area contributed by atoms with Gasteiger partial charge in [-0.3, -0.25) is 4.79 Å². The zero-order valence-corrected chi connectivity index (χ0v) is 21.3. The third kappa shape index (κ3) is 3.79. The Balaban J connectivity index is 1.52. The molecule has 3 aromatic carbocycles. The van der Waals surface area contributed by atoms with E-state index in [0.717, 1.165) is 76.0 Å². The first-order valence-electron chi connectivity index (χ1n) is 12.6. The third-order valence-electron chi connectivity index (χ3n) is 7.58. The monoisotopic (exact) mass is 477 g/mol. The van der Waals surface area contributed by atoms with Crippen LogP contribution in [0.4, 0.5) is 0 Å². The molecule has 1 saturated heterocycles. The summed E-state index contributed by atoms with van der Waals surface area (Å²) >= 11 is 0. The van der Waals surface area contributed by atoms with Gasteiger partial charge in [0.25, 0.3) is 5.91 Å². The molecule has 0 N–H and O–H groups in total. The molecule has 182 valence electrons. The number of carbonyl (C=O) groups is 1. The van der Waals surface area contributed by atoms with Gasteiger partial charge in [-0.1, -0.05) is 61.5 Å². The number of amides is 1. The van der Waals surface area contributed by atoms with Gasteiger partial charge in [-0.25, -0.2) is 0 Å². The third-order valence-corrected chi connectivity index (χ3v) is 7.58. The van der Waals surface area contributed by atoms with E-state index < -0.39 is 0 Å². The van der Waals surface area contributed by atoms with Gasteiger partial charge in [-0.2, -0.15) is 0 Å². The largest absolute Gasteiger partial charge is 0.361 e. The summed E-state index contributed by atoms with van der Waals surface area (Å²) in [5.41, 5.74) is 7.46. The van der Waals surface area contributed by atoms with Crippen LogP contribution in [0.5, 0.6) is 0 Å². The van der Waals surface area contributed by atoms with Crippen LogP contribution in [-0.2, 0) is 6.54 Å². The molecule has 36 heavy (non-hydrogen) atoms. The normalized spacial score (nSPS) is 15.3. The topological polar surface area (TPSA) is 51.3 Å². The molecule has 0 aliphatic carbocycles. The number of rotatable bonds is 4. The SMILES string of the molecule is Cc1noc(C)c1-c1ccc2c3cc(C(=O)N4CCC(C)(C)C4)ccc3n(Cc3ccccc3)c2c1. The molecule has 0 atom stereocenters. The summed E-state index contributed by atoms with van der Waals surface area (Å²) in [6.45, 7) is 10.8. The van der Waals surface area contributed by atoms with Gasteiger partial charge >= 0.3 is 0 Å². The summed E-state index contributed by atoms with van der Waals surface area (Å²) in [6.07, 6.45) is 1.04. The number of hydrogen-bond donors (Lipinski definition) is 0. The molecule has 3 heterocycles. The maximum atomic E-state index is 13.4. The van der Waals surface area contributed by atoms with Crippen LogP contribution in [0.3, 0.4) is 0 Å². The molecule has 0 unspecified atom stereocenters. The summed E-state index contributed by atoms with van der Waals surface area (Å²) in [6, 6.07) is 23.2. The summed E-state index contributed by atoms with van der Waals surface area (Å²) in [5, 5.41) is 6.41. The minimum Gasteiger partial charge on any atom is -0.361 e. The number of carbonyl (C=O) groups excluding carboxylic acids is 1. The summed E-state index contributed by atoms with van der Waals surface area (Å²) in [7, 11) is 0. The Morgan fingerprint density at radius 1 is 0.972 bits per heavy atom. The second-order valence-electron chi connectivity index (χ2n) is 10.9. The zero-order chi connectivity index (χ0) is 25.0. The number of fused-ring (bicyclic) bond motifs is 3. The quantitative estimate of drug-likeness (QED) is 0.280. The van der Waals surface area contributed by atoms with Gasteiger partial charge in [0.2, 0.25) is 0 Å². The molecule has 1 amide bonds. The Bertz CT molecular complexity index is 1590. The van der Waals surface area contributed by atoms with E-state index in [1.165, 1.54) is 5.56 Å². The maximum absolute atomic E-state index is 13.4. The van der Waals surface area contributed by atoms with Crippen LogP contribution in [0, 0.1) is 19.3 Å². The highest BCUT2D eigenvalue weighted by molar-refractivity contribution is 6.11. The number of likely N-dealkylation sites (tertiary alicyclic amines) is 1. The predicted molar refractivity (Wildman–Crippen MR) is 144 cm³/mol. The number of hydrogen-bond acceptors (Lipinski definition) is 3. The fraction of sp³-hybridized carbons (Fsp3) is 0.290. The average Bonchev–Trinajstić information content (AvgIpc) is 3.51. The molecular formula is C31H31N3O2. The van der Waals surface area contributed by atoms with Gasteiger partial charge in [0.15, 0.2) is 0 Å². The molecule has 2 aromatic heterocycles. The molecular weight excluding hydrogens is 446 g/mol. The van der Waals surface area contributed by atoms with Gasteiger partial charge < -0.3 is 14.0 Å². The minimum absolute atomic E-state index is 0.124. The summed E-state index contributed by atoms with van der Waals surface area (Å²) in [5.74, 6) is 0.942. The smallest absolute Gasteiger partial charge is 0.253 e. The molecule has 0 saturated carbocycles. The van der Waals surface area contributed by atoms with Crippen molar-refractivity contribution in [1.82, 2.24) is 14.6 Å².